The van der Waals surface area contributed by atoms with Gasteiger partial charge < -0.3 is 19.3 Å². The zero-order valence-electron chi connectivity index (χ0n) is 6.86. The van der Waals surface area contributed by atoms with E-state index in [9.17, 15) is 9.59 Å². The zero-order valence-corrected chi connectivity index (χ0v) is 6.86. The molecule has 1 aliphatic heterocycles. The van der Waals surface area contributed by atoms with Gasteiger partial charge >= 0.3 is 5.97 Å². The van der Waals surface area contributed by atoms with Gasteiger partial charge in [-0.2, -0.15) is 0 Å². The lowest BCUT2D eigenvalue weighted by molar-refractivity contribution is -0.139. The zero-order chi connectivity index (χ0) is 9.68. The Hall–Kier alpha value is -1.65. The van der Waals surface area contributed by atoms with Crippen LogP contribution in [0.1, 0.15) is 6.42 Å². The number of hydrogen-bond donors (Lipinski definition) is 0. The second-order valence-corrected chi connectivity index (χ2v) is 2.31. The molecule has 1 aliphatic rings. The van der Waals surface area contributed by atoms with Gasteiger partial charge in [-0.3, -0.25) is 0 Å². The number of esters is 1. The molecule has 0 aromatic heterocycles. The molecule has 0 bridgehead atoms. The molecule has 1 atom stereocenters. The lowest BCUT2D eigenvalue weighted by Crippen LogP contribution is -2.19. The van der Waals surface area contributed by atoms with Gasteiger partial charge in [-0.25, -0.2) is 4.79 Å². The minimum Gasteiger partial charge on any atom is -0.578 e. The molecule has 1 unspecified atom stereocenters. The summed E-state index contributed by atoms with van der Waals surface area (Å²) in [6.45, 7) is 3.33. The van der Waals surface area contributed by atoms with Crippen molar-refractivity contribution < 1.29 is 19.1 Å². The third-order valence-corrected chi connectivity index (χ3v) is 1.42. The molecule has 0 N–H and O–H groups in total. The number of ether oxygens (including phenoxy) is 2. The van der Waals surface area contributed by atoms with Gasteiger partial charge in [0.15, 0.2) is 0 Å². The molecule has 0 spiro atoms. The normalized spacial score (nSPS) is 19.7. The Bertz CT molecular complexity index is 259. The minimum absolute atomic E-state index is 0.110. The maximum atomic E-state index is 10.8. The van der Waals surface area contributed by atoms with Crippen LogP contribution in [0.3, 0.4) is 0 Å². The van der Waals surface area contributed by atoms with Gasteiger partial charge in [-0.15, -0.1) is 0 Å². The molecule has 0 aromatic carbocycles. The fourth-order valence-corrected chi connectivity index (χ4v) is 0.765. The second kappa shape index (κ2) is 4.39. The molecule has 70 valence electrons. The summed E-state index contributed by atoms with van der Waals surface area (Å²) >= 11 is 0. The Labute approximate surface area is 75.0 Å². The first-order valence-corrected chi connectivity index (χ1v) is 3.68. The van der Waals surface area contributed by atoms with Crippen LogP contribution in [0.15, 0.2) is 17.6 Å². The summed E-state index contributed by atoms with van der Waals surface area (Å²) in [5, 5.41) is 0. The number of carbonyl (C=O) groups excluding carboxylic acids is 2. The quantitative estimate of drug-likeness (QED) is 0.347. The average Bonchev–Trinajstić information content (AvgIpc) is 2.52. The van der Waals surface area contributed by atoms with Crippen molar-refractivity contribution >= 4 is 18.3 Å². The number of rotatable bonds is 4. The van der Waals surface area contributed by atoms with E-state index in [4.69, 9.17) is 4.74 Å². The highest BCUT2D eigenvalue weighted by Crippen LogP contribution is 2.05. The van der Waals surface area contributed by atoms with Crippen LogP contribution in [0.25, 0.3) is 0 Å². The number of carbonyl (C=O) groups is 2. The lowest BCUT2D eigenvalue weighted by Gasteiger charge is -2.12. The van der Waals surface area contributed by atoms with Gasteiger partial charge in [-0.1, -0.05) is 6.58 Å². The van der Waals surface area contributed by atoms with E-state index in [1.165, 1.54) is 0 Å². The first-order valence-electron chi connectivity index (χ1n) is 3.68. The highest BCUT2D eigenvalue weighted by Gasteiger charge is 2.13. The van der Waals surface area contributed by atoms with E-state index in [0.717, 1.165) is 6.08 Å². The summed E-state index contributed by atoms with van der Waals surface area (Å²) in [5.74, 6) is -0.912. The van der Waals surface area contributed by atoms with Crippen LogP contribution in [0.4, 0.5) is 0 Å². The van der Waals surface area contributed by atoms with Crippen LogP contribution in [-0.2, 0) is 19.1 Å². The van der Waals surface area contributed by atoms with Crippen molar-refractivity contribution in [3.05, 3.63) is 12.7 Å². The van der Waals surface area contributed by atoms with E-state index in [-0.39, 0.29) is 13.0 Å². The molecule has 1 rings (SSSR count). The van der Waals surface area contributed by atoms with Crippen molar-refractivity contribution in [2.24, 2.45) is 4.99 Å². The molecule has 0 aliphatic carbocycles. The minimum atomic E-state index is -0.655. The predicted octanol–water partition coefficient (Wildman–Crippen LogP) is -0.0636. The molecule has 0 fully saturated rings. The number of aliphatic imine (C=N–C) groups is 1. The van der Waals surface area contributed by atoms with Crippen molar-refractivity contribution in [3.63, 3.8) is 0 Å². The predicted molar refractivity (Wildman–Crippen MR) is 43.1 cm³/mol. The summed E-state index contributed by atoms with van der Waals surface area (Å²) in [6.07, 6.45) is 2.78. The van der Waals surface area contributed by atoms with Gasteiger partial charge in [0, 0.05) is 18.9 Å². The van der Waals surface area contributed by atoms with E-state index in [1.807, 2.05) is 0 Å². The van der Waals surface area contributed by atoms with Gasteiger partial charge in [0.1, 0.15) is 5.91 Å². The fraction of sp³-hybridized carbons (Fsp3) is 0.375. The molecule has 1 heterocycles. The number of amides is 1. The van der Waals surface area contributed by atoms with Gasteiger partial charge in [0.25, 0.3) is 0 Å². The van der Waals surface area contributed by atoms with Crippen LogP contribution < -0.4 is 0 Å². The first-order chi connectivity index (χ1) is 6.24. The van der Waals surface area contributed by atoms with Gasteiger partial charge in [0.05, 0.1) is 12.7 Å². The topological polar surface area (TPSA) is 65.0 Å². The molecule has 0 saturated carbocycles. The molecule has 0 radical (unpaired) electrons. The molecule has 5 heteroatoms. The van der Waals surface area contributed by atoms with Crippen LogP contribution in [0.5, 0.6) is 0 Å². The Morgan fingerprint density at radius 3 is 3.15 bits per heavy atom. The Balaban J connectivity index is 2.16. The van der Waals surface area contributed by atoms with Gasteiger partial charge in [-0.05, 0) is 0 Å². The van der Waals surface area contributed by atoms with Crippen LogP contribution in [0, 0.1) is 0 Å². The molecular weight excluding hydrogens is 174 g/mol. The van der Waals surface area contributed by atoms with Crippen molar-refractivity contribution in [2.75, 3.05) is 6.61 Å². The molecule has 0 saturated heterocycles. The average molecular weight is 182 g/mol. The summed E-state index contributed by atoms with van der Waals surface area (Å²) in [5.41, 5.74) is 0. The fourth-order valence-electron chi connectivity index (χ4n) is 0.765. The summed E-state index contributed by atoms with van der Waals surface area (Å²) in [7, 11) is 0. The van der Waals surface area contributed by atoms with E-state index in [1.54, 1.807) is 0 Å². The van der Waals surface area contributed by atoms with Crippen LogP contribution in [-0.4, -0.2) is 31.0 Å². The molecule has 0 aromatic rings. The maximum Gasteiger partial charge on any atom is 0.330 e. The SMILES string of the molecule is C=CC(=O)OCCC1O[C-]=NC1=O. The van der Waals surface area contributed by atoms with Crippen molar-refractivity contribution in [1.82, 2.24) is 0 Å². The maximum absolute atomic E-state index is 10.8. The smallest absolute Gasteiger partial charge is 0.330 e. The lowest BCUT2D eigenvalue weighted by atomic mass is 10.2. The van der Waals surface area contributed by atoms with Crippen molar-refractivity contribution in [3.8, 4) is 0 Å². The second-order valence-electron chi connectivity index (χ2n) is 2.31. The van der Waals surface area contributed by atoms with Crippen molar-refractivity contribution in [1.29, 1.82) is 0 Å². The molecular formula is C8H8NO4-. The molecule has 1 amide bonds. The molecule has 5 nitrogen and oxygen atoms in total. The van der Waals surface area contributed by atoms with Crippen LogP contribution in [0.2, 0.25) is 0 Å². The number of hydrogen-bond acceptors (Lipinski definition) is 4. The van der Waals surface area contributed by atoms with E-state index in [0.29, 0.717) is 0 Å². The monoisotopic (exact) mass is 182 g/mol. The Kier molecular flexibility index (Phi) is 3.19. The summed E-state index contributed by atoms with van der Waals surface area (Å²) in [6, 6.07) is 0. The Morgan fingerprint density at radius 2 is 2.62 bits per heavy atom. The largest absolute Gasteiger partial charge is 0.578 e. The third kappa shape index (κ3) is 2.70. The summed E-state index contributed by atoms with van der Waals surface area (Å²) in [4.78, 5) is 24.6. The highest BCUT2D eigenvalue weighted by atomic mass is 16.5. The standard InChI is InChI=1S/C8H8NO4/c1-2-7(10)12-4-3-6-8(11)9-5-13-6/h2,6H,1,3-4H2/q-1. The Morgan fingerprint density at radius 1 is 1.85 bits per heavy atom. The van der Waals surface area contributed by atoms with Crippen molar-refractivity contribution in [2.45, 2.75) is 12.5 Å². The first kappa shape index (κ1) is 9.44. The summed E-state index contributed by atoms with van der Waals surface area (Å²) < 4.78 is 9.34. The molecule has 13 heavy (non-hydrogen) atoms. The van der Waals surface area contributed by atoms with E-state index < -0.39 is 18.0 Å². The van der Waals surface area contributed by atoms with Gasteiger partial charge in [0.2, 0.25) is 0 Å². The van der Waals surface area contributed by atoms with E-state index >= 15 is 0 Å². The third-order valence-electron chi connectivity index (χ3n) is 1.42. The highest BCUT2D eigenvalue weighted by molar-refractivity contribution is 5.91. The van der Waals surface area contributed by atoms with E-state index in [2.05, 4.69) is 22.7 Å². The van der Waals surface area contributed by atoms with Crippen LogP contribution >= 0.6 is 0 Å². The number of nitrogens with zero attached hydrogens (tertiary/aromatic N) is 1.